The second kappa shape index (κ2) is 5.94. The number of hydrogen-bond donors (Lipinski definition) is 1. The van der Waals surface area contributed by atoms with Crippen LogP contribution in [0.25, 0.3) is 11.3 Å². The fraction of sp³-hybridized carbons (Fsp3) is 0.438. The first-order valence-corrected chi connectivity index (χ1v) is 8.07. The highest BCUT2D eigenvalue weighted by Crippen LogP contribution is 2.36. The molecule has 1 aliphatic heterocycles. The highest BCUT2D eigenvalue weighted by Gasteiger charge is 2.26. The van der Waals surface area contributed by atoms with Crippen molar-refractivity contribution >= 4 is 16.5 Å². The molecule has 3 nitrogen and oxygen atoms in total. The first-order valence-electron chi connectivity index (χ1n) is 7.26. The minimum atomic E-state index is 0.0620. The average Bonchev–Trinajstić information content (AvgIpc) is 3.13. The highest BCUT2D eigenvalue weighted by molar-refractivity contribution is 7.16. The van der Waals surface area contributed by atoms with Crippen molar-refractivity contribution in [2.75, 3.05) is 11.4 Å². The van der Waals surface area contributed by atoms with Gasteiger partial charge in [0.1, 0.15) is 0 Å². The van der Waals surface area contributed by atoms with Crippen molar-refractivity contribution in [1.29, 1.82) is 0 Å². The molecule has 106 valence electrons. The molecule has 3 rings (SSSR count). The molecule has 1 aliphatic rings. The summed E-state index contributed by atoms with van der Waals surface area (Å²) in [5.74, 6) is 0. The van der Waals surface area contributed by atoms with Crippen LogP contribution in [0.1, 0.15) is 31.1 Å². The molecule has 1 fully saturated rings. The summed E-state index contributed by atoms with van der Waals surface area (Å²) in [4.78, 5) is 8.19. The quantitative estimate of drug-likeness (QED) is 0.932. The van der Waals surface area contributed by atoms with E-state index in [2.05, 4.69) is 24.0 Å². The molecular weight excluding hydrogens is 268 g/mol. The maximum atomic E-state index is 9.61. The van der Waals surface area contributed by atoms with Gasteiger partial charge in [-0.1, -0.05) is 48.6 Å². The molecule has 1 N–H and O–H groups in total. The molecule has 0 aliphatic carbocycles. The molecule has 0 saturated carbocycles. The fourth-order valence-electron chi connectivity index (χ4n) is 2.90. The minimum Gasteiger partial charge on any atom is -0.391 e. The van der Waals surface area contributed by atoms with Crippen molar-refractivity contribution in [2.24, 2.45) is 0 Å². The number of thiazole rings is 1. The van der Waals surface area contributed by atoms with Crippen molar-refractivity contribution < 1.29 is 5.11 Å². The van der Waals surface area contributed by atoms with E-state index in [1.54, 1.807) is 11.3 Å². The molecule has 1 unspecified atom stereocenters. The van der Waals surface area contributed by atoms with E-state index >= 15 is 0 Å². The number of rotatable bonds is 4. The molecule has 0 bridgehead atoms. The van der Waals surface area contributed by atoms with E-state index in [9.17, 15) is 5.11 Å². The van der Waals surface area contributed by atoms with Crippen LogP contribution >= 0.6 is 11.3 Å². The van der Waals surface area contributed by atoms with Crippen LogP contribution in [-0.4, -0.2) is 22.7 Å². The van der Waals surface area contributed by atoms with Crippen LogP contribution in [0.2, 0.25) is 0 Å². The van der Waals surface area contributed by atoms with E-state index in [1.165, 1.54) is 12.8 Å². The average molecular weight is 288 g/mol. The van der Waals surface area contributed by atoms with E-state index in [0.29, 0.717) is 6.04 Å². The zero-order valence-electron chi connectivity index (χ0n) is 11.7. The predicted molar refractivity (Wildman–Crippen MR) is 84.1 cm³/mol. The standard InChI is InChI=1S/C16H20N2OS/c1-2-13-9-6-10-18(13)16-17-15(14(11-19)20-16)12-7-4-3-5-8-12/h3-5,7-8,13,19H,2,6,9-11H2,1H3. The molecule has 1 aromatic heterocycles. The van der Waals surface area contributed by atoms with Gasteiger partial charge in [0.25, 0.3) is 0 Å². The van der Waals surface area contributed by atoms with Crippen molar-refractivity contribution in [2.45, 2.75) is 38.8 Å². The molecular formula is C16H20N2OS. The van der Waals surface area contributed by atoms with Crippen LogP contribution in [0, 0.1) is 0 Å². The van der Waals surface area contributed by atoms with Crippen molar-refractivity contribution in [1.82, 2.24) is 4.98 Å². The lowest BCUT2D eigenvalue weighted by atomic mass is 10.1. The van der Waals surface area contributed by atoms with Crippen LogP contribution in [-0.2, 0) is 6.61 Å². The first-order chi connectivity index (χ1) is 9.83. The van der Waals surface area contributed by atoms with Gasteiger partial charge in [0.2, 0.25) is 0 Å². The maximum Gasteiger partial charge on any atom is 0.186 e. The Morgan fingerprint density at radius 2 is 2.15 bits per heavy atom. The third-order valence-electron chi connectivity index (χ3n) is 3.97. The van der Waals surface area contributed by atoms with E-state index in [1.807, 2.05) is 18.2 Å². The van der Waals surface area contributed by atoms with Gasteiger partial charge in [-0.25, -0.2) is 4.98 Å². The molecule has 1 aromatic carbocycles. The second-order valence-corrected chi connectivity index (χ2v) is 6.25. The van der Waals surface area contributed by atoms with Crippen LogP contribution < -0.4 is 4.90 Å². The topological polar surface area (TPSA) is 36.4 Å². The number of aliphatic hydroxyl groups is 1. The lowest BCUT2D eigenvalue weighted by Gasteiger charge is -2.22. The van der Waals surface area contributed by atoms with Gasteiger partial charge in [-0.2, -0.15) is 0 Å². The summed E-state index contributed by atoms with van der Waals surface area (Å²) in [5.41, 5.74) is 2.03. The van der Waals surface area contributed by atoms with Crippen LogP contribution in [0.3, 0.4) is 0 Å². The summed E-state index contributed by atoms with van der Waals surface area (Å²) in [7, 11) is 0. The van der Waals surface area contributed by atoms with E-state index < -0.39 is 0 Å². The smallest absolute Gasteiger partial charge is 0.186 e. The fourth-order valence-corrected chi connectivity index (χ4v) is 3.94. The van der Waals surface area contributed by atoms with Gasteiger partial charge < -0.3 is 10.0 Å². The summed E-state index contributed by atoms with van der Waals surface area (Å²) in [5, 5.41) is 10.7. The SMILES string of the molecule is CCC1CCCN1c1nc(-c2ccccc2)c(CO)s1. The molecule has 0 spiro atoms. The van der Waals surface area contributed by atoms with Gasteiger partial charge in [0, 0.05) is 18.2 Å². The molecule has 1 atom stereocenters. The second-order valence-electron chi connectivity index (χ2n) is 5.19. The van der Waals surface area contributed by atoms with Gasteiger partial charge in [-0.05, 0) is 19.3 Å². The van der Waals surface area contributed by atoms with Gasteiger partial charge >= 0.3 is 0 Å². The zero-order valence-corrected chi connectivity index (χ0v) is 12.6. The molecule has 1 saturated heterocycles. The summed E-state index contributed by atoms with van der Waals surface area (Å²) >= 11 is 1.64. The largest absolute Gasteiger partial charge is 0.391 e. The lowest BCUT2D eigenvalue weighted by Crippen LogP contribution is -2.28. The Bertz CT molecular complexity index is 567. The van der Waals surface area contributed by atoms with Gasteiger partial charge in [0.15, 0.2) is 5.13 Å². The Balaban J connectivity index is 1.97. The Labute approximate surface area is 123 Å². The number of aromatic nitrogens is 1. The number of nitrogens with zero attached hydrogens (tertiary/aromatic N) is 2. The van der Waals surface area contributed by atoms with E-state index in [-0.39, 0.29) is 6.61 Å². The highest BCUT2D eigenvalue weighted by atomic mass is 32.1. The Morgan fingerprint density at radius 3 is 2.85 bits per heavy atom. The normalized spacial score (nSPS) is 18.7. The summed E-state index contributed by atoms with van der Waals surface area (Å²) in [6, 6.07) is 10.7. The third-order valence-corrected chi connectivity index (χ3v) is 5.05. The van der Waals surface area contributed by atoms with Crippen LogP contribution in [0.4, 0.5) is 5.13 Å². The van der Waals surface area contributed by atoms with Crippen LogP contribution in [0.15, 0.2) is 30.3 Å². The summed E-state index contributed by atoms with van der Waals surface area (Å²) in [6.07, 6.45) is 3.66. The van der Waals surface area contributed by atoms with Crippen molar-refractivity contribution in [3.8, 4) is 11.3 Å². The number of benzene rings is 1. The van der Waals surface area contributed by atoms with Gasteiger partial charge in [0.05, 0.1) is 17.2 Å². The van der Waals surface area contributed by atoms with E-state index in [0.717, 1.165) is 34.2 Å². The first kappa shape index (κ1) is 13.6. The molecule has 20 heavy (non-hydrogen) atoms. The van der Waals surface area contributed by atoms with Crippen molar-refractivity contribution in [3.05, 3.63) is 35.2 Å². The van der Waals surface area contributed by atoms with Crippen LogP contribution in [0.5, 0.6) is 0 Å². The minimum absolute atomic E-state index is 0.0620. The van der Waals surface area contributed by atoms with E-state index in [4.69, 9.17) is 4.98 Å². The van der Waals surface area contributed by atoms with Gasteiger partial charge in [-0.15, -0.1) is 0 Å². The lowest BCUT2D eigenvalue weighted by molar-refractivity contribution is 0.286. The number of anilines is 1. The summed E-state index contributed by atoms with van der Waals surface area (Å²) < 4.78 is 0. The molecule has 0 amide bonds. The zero-order chi connectivity index (χ0) is 13.9. The number of hydrogen-bond acceptors (Lipinski definition) is 4. The Kier molecular flexibility index (Phi) is 4.03. The molecule has 0 radical (unpaired) electrons. The molecule has 2 heterocycles. The number of aliphatic hydroxyl groups excluding tert-OH is 1. The third kappa shape index (κ3) is 2.45. The molecule has 4 heteroatoms. The predicted octanol–water partition coefficient (Wildman–Crippen LogP) is 3.68. The Morgan fingerprint density at radius 1 is 1.35 bits per heavy atom. The summed E-state index contributed by atoms with van der Waals surface area (Å²) in [6.45, 7) is 3.39. The Hall–Kier alpha value is -1.39. The molecule has 2 aromatic rings. The maximum absolute atomic E-state index is 9.61. The van der Waals surface area contributed by atoms with Crippen molar-refractivity contribution in [3.63, 3.8) is 0 Å². The van der Waals surface area contributed by atoms with Gasteiger partial charge in [-0.3, -0.25) is 0 Å². The monoisotopic (exact) mass is 288 g/mol.